The Bertz CT molecular complexity index is 146. The minimum atomic E-state index is 0.233. The van der Waals surface area contributed by atoms with Gasteiger partial charge in [0.2, 0.25) is 5.91 Å². The molecule has 2 aliphatic rings. The van der Waals surface area contributed by atoms with Crippen LogP contribution in [0.1, 0.15) is 6.42 Å². The van der Waals surface area contributed by atoms with Gasteiger partial charge in [-0.05, 0) is 6.42 Å². The Morgan fingerprint density at radius 1 is 1.44 bits per heavy atom. The second kappa shape index (κ2) is 1.70. The van der Waals surface area contributed by atoms with Crippen molar-refractivity contribution in [2.45, 2.75) is 12.5 Å². The zero-order valence-corrected chi connectivity index (χ0v) is 5.18. The molecule has 0 aromatic rings. The number of fused-ring (bicyclic) bond motifs is 2. The van der Waals surface area contributed by atoms with E-state index in [0.29, 0.717) is 6.04 Å². The third kappa shape index (κ3) is 0.721. The highest BCUT2D eigenvalue weighted by Crippen LogP contribution is 2.16. The van der Waals surface area contributed by atoms with Gasteiger partial charge >= 0.3 is 0 Å². The Kier molecular flexibility index (Phi) is 0.990. The van der Waals surface area contributed by atoms with Gasteiger partial charge in [0.15, 0.2) is 0 Å². The van der Waals surface area contributed by atoms with E-state index in [1.54, 1.807) is 0 Å². The van der Waals surface area contributed by atoms with Crippen LogP contribution >= 0.6 is 0 Å². The molecule has 0 aromatic heterocycles. The summed E-state index contributed by atoms with van der Waals surface area (Å²) in [4.78, 5) is 10.9. The van der Waals surface area contributed by atoms with Crippen LogP contribution in [0.25, 0.3) is 0 Å². The Morgan fingerprint density at radius 2 is 2.33 bits per heavy atom. The van der Waals surface area contributed by atoms with E-state index in [9.17, 15) is 4.79 Å². The monoisotopic (exact) mass is 126 g/mol. The van der Waals surface area contributed by atoms with Crippen molar-refractivity contribution in [1.29, 1.82) is 0 Å². The molecule has 2 unspecified atom stereocenters. The fourth-order valence-electron chi connectivity index (χ4n) is 1.54. The lowest BCUT2D eigenvalue weighted by molar-refractivity contribution is -0.125. The summed E-state index contributed by atoms with van der Waals surface area (Å²) >= 11 is 0. The molecular weight excluding hydrogens is 116 g/mol. The summed E-state index contributed by atoms with van der Waals surface area (Å²) in [5.41, 5.74) is 0. The fraction of sp³-hybridized carbons (Fsp3) is 0.833. The second-order valence-electron chi connectivity index (χ2n) is 2.78. The molecule has 9 heavy (non-hydrogen) atoms. The van der Waals surface area contributed by atoms with E-state index in [1.807, 2.05) is 0 Å². The van der Waals surface area contributed by atoms with Gasteiger partial charge in [-0.15, -0.1) is 0 Å². The molecule has 0 aromatic carbocycles. The number of carbonyl (C=O) groups excluding carboxylic acids is 1. The number of amides is 1. The van der Waals surface area contributed by atoms with Crippen molar-refractivity contribution in [2.75, 3.05) is 13.1 Å². The van der Waals surface area contributed by atoms with Crippen LogP contribution in [-0.2, 0) is 4.79 Å². The average Bonchev–Trinajstić information content (AvgIpc) is 2.25. The number of rotatable bonds is 0. The normalized spacial score (nSPS) is 40.7. The van der Waals surface area contributed by atoms with Gasteiger partial charge in [-0.1, -0.05) is 0 Å². The number of nitrogens with one attached hydrogen (secondary N) is 2. The molecule has 3 nitrogen and oxygen atoms in total. The number of hydrogen-bond donors (Lipinski definition) is 2. The maximum absolute atomic E-state index is 10.9. The Labute approximate surface area is 53.8 Å². The molecule has 2 bridgehead atoms. The van der Waals surface area contributed by atoms with Crippen molar-refractivity contribution in [2.24, 2.45) is 5.92 Å². The van der Waals surface area contributed by atoms with Gasteiger partial charge < -0.3 is 10.6 Å². The van der Waals surface area contributed by atoms with Crippen molar-refractivity contribution in [3.63, 3.8) is 0 Å². The molecule has 0 spiro atoms. The lowest BCUT2D eigenvalue weighted by Gasteiger charge is -2.17. The standard InChI is InChI=1S/C6H10N2O/c9-6-4-1-5(3-8-6)7-2-4/h4-5,7H,1-3H2,(H,8,9). The summed E-state index contributed by atoms with van der Waals surface area (Å²) < 4.78 is 0. The molecule has 1 amide bonds. The molecule has 0 aliphatic carbocycles. The van der Waals surface area contributed by atoms with Crippen LogP contribution in [0.3, 0.4) is 0 Å². The molecule has 2 fully saturated rings. The van der Waals surface area contributed by atoms with E-state index < -0.39 is 0 Å². The zero-order chi connectivity index (χ0) is 6.27. The minimum absolute atomic E-state index is 0.233. The van der Waals surface area contributed by atoms with E-state index in [4.69, 9.17) is 0 Å². The topological polar surface area (TPSA) is 41.1 Å². The van der Waals surface area contributed by atoms with Crippen molar-refractivity contribution in [3.8, 4) is 0 Å². The summed E-state index contributed by atoms with van der Waals surface area (Å²) in [5.74, 6) is 0.500. The molecule has 2 saturated heterocycles. The lowest BCUT2D eigenvalue weighted by atomic mass is 10.0. The first kappa shape index (κ1) is 5.23. The number of carbonyl (C=O) groups is 1. The van der Waals surface area contributed by atoms with Gasteiger partial charge in [0.25, 0.3) is 0 Å². The second-order valence-corrected chi connectivity index (χ2v) is 2.78. The van der Waals surface area contributed by atoms with Crippen LogP contribution in [0.2, 0.25) is 0 Å². The summed E-state index contributed by atoms with van der Waals surface area (Å²) in [7, 11) is 0. The Morgan fingerprint density at radius 3 is 3.11 bits per heavy atom. The highest BCUT2D eigenvalue weighted by atomic mass is 16.2. The van der Waals surface area contributed by atoms with Crippen molar-refractivity contribution >= 4 is 5.91 Å². The van der Waals surface area contributed by atoms with Crippen LogP contribution in [0.4, 0.5) is 0 Å². The molecular formula is C6H10N2O. The summed E-state index contributed by atoms with van der Waals surface area (Å²) in [6, 6.07) is 0.563. The van der Waals surface area contributed by atoms with E-state index >= 15 is 0 Å². The molecule has 2 rings (SSSR count). The molecule has 0 saturated carbocycles. The maximum atomic E-state index is 10.9. The summed E-state index contributed by atoms with van der Waals surface area (Å²) in [6.45, 7) is 1.71. The van der Waals surface area contributed by atoms with Crippen LogP contribution in [-0.4, -0.2) is 25.0 Å². The maximum Gasteiger partial charge on any atom is 0.224 e. The molecule has 2 aliphatic heterocycles. The van der Waals surface area contributed by atoms with E-state index in [-0.39, 0.29) is 11.8 Å². The van der Waals surface area contributed by atoms with Crippen LogP contribution in [0, 0.1) is 5.92 Å². The number of piperidine rings is 1. The molecule has 2 heterocycles. The van der Waals surface area contributed by atoms with Gasteiger partial charge in [0.05, 0.1) is 5.92 Å². The Balaban J connectivity index is 2.14. The predicted octanol–water partition coefficient (Wildman–Crippen LogP) is -0.906. The molecule has 3 heteroatoms. The summed E-state index contributed by atoms with van der Waals surface area (Å²) in [5, 5.41) is 6.11. The first-order valence-electron chi connectivity index (χ1n) is 3.37. The van der Waals surface area contributed by atoms with E-state index in [1.165, 1.54) is 0 Å². The zero-order valence-electron chi connectivity index (χ0n) is 5.18. The summed E-state index contributed by atoms with van der Waals surface area (Å²) in [6.07, 6.45) is 1.05. The predicted molar refractivity (Wildman–Crippen MR) is 32.9 cm³/mol. The van der Waals surface area contributed by atoms with Crippen molar-refractivity contribution in [3.05, 3.63) is 0 Å². The van der Waals surface area contributed by atoms with Crippen LogP contribution in [0.15, 0.2) is 0 Å². The van der Waals surface area contributed by atoms with Gasteiger partial charge in [-0.25, -0.2) is 0 Å². The minimum Gasteiger partial charge on any atom is -0.354 e. The van der Waals surface area contributed by atoms with E-state index in [0.717, 1.165) is 19.5 Å². The van der Waals surface area contributed by atoms with Gasteiger partial charge in [-0.2, -0.15) is 0 Å². The quantitative estimate of drug-likeness (QED) is 0.441. The third-order valence-electron chi connectivity index (χ3n) is 2.12. The molecule has 2 atom stereocenters. The largest absolute Gasteiger partial charge is 0.354 e. The van der Waals surface area contributed by atoms with Gasteiger partial charge in [0, 0.05) is 19.1 Å². The fourth-order valence-corrected chi connectivity index (χ4v) is 1.54. The van der Waals surface area contributed by atoms with Crippen molar-refractivity contribution < 1.29 is 4.79 Å². The SMILES string of the molecule is O=C1NCC2CC1CN2. The first-order chi connectivity index (χ1) is 4.36. The molecule has 50 valence electrons. The number of hydrogen-bond acceptors (Lipinski definition) is 2. The smallest absolute Gasteiger partial charge is 0.224 e. The first-order valence-corrected chi connectivity index (χ1v) is 3.37. The van der Waals surface area contributed by atoms with Crippen LogP contribution < -0.4 is 10.6 Å². The van der Waals surface area contributed by atoms with Crippen LogP contribution in [0.5, 0.6) is 0 Å². The third-order valence-corrected chi connectivity index (χ3v) is 2.12. The average molecular weight is 126 g/mol. The van der Waals surface area contributed by atoms with E-state index in [2.05, 4.69) is 10.6 Å². The highest BCUT2D eigenvalue weighted by molar-refractivity contribution is 5.80. The molecule has 0 radical (unpaired) electrons. The van der Waals surface area contributed by atoms with Crippen molar-refractivity contribution in [1.82, 2.24) is 10.6 Å². The Hall–Kier alpha value is -0.570. The van der Waals surface area contributed by atoms with Gasteiger partial charge in [0.1, 0.15) is 0 Å². The van der Waals surface area contributed by atoms with Gasteiger partial charge in [-0.3, -0.25) is 4.79 Å². The highest BCUT2D eigenvalue weighted by Gasteiger charge is 2.33. The molecule has 2 N–H and O–H groups in total. The lowest BCUT2D eigenvalue weighted by Crippen LogP contribution is -2.41.